The van der Waals surface area contributed by atoms with E-state index in [2.05, 4.69) is 52.9 Å². The van der Waals surface area contributed by atoms with Crippen LogP contribution in [0.3, 0.4) is 0 Å². The summed E-state index contributed by atoms with van der Waals surface area (Å²) in [5.74, 6) is 1.54. The van der Waals surface area contributed by atoms with E-state index in [1.54, 1.807) is 18.3 Å². The van der Waals surface area contributed by atoms with Crippen LogP contribution in [0.25, 0.3) is 32.9 Å². The van der Waals surface area contributed by atoms with Gasteiger partial charge in [-0.05, 0) is 143 Å². The topological polar surface area (TPSA) is 145 Å². The van der Waals surface area contributed by atoms with E-state index in [4.69, 9.17) is 28.9 Å². The van der Waals surface area contributed by atoms with Crippen molar-refractivity contribution >= 4 is 33.4 Å². The maximum atomic E-state index is 17.3. The summed E-state index contributed by atoms with van der Waals surface area (Å²) in [5.41, 5.74) is 1.84. The number of hydrogen-bond acceptors (Lipinski definition) is 13. The fraction of sp³-hybridized carbons (Fsp3) is 0.604. The molecule has 0 aliphatic carbocycles. The summed E-state index contributed by atoms with van der Waals surface area (Å²) in [6, 6.07) is 12.7. The van der Waals surface area contributed by atoms with Gasteiger partial charge in [0, 0.05) is 68.2 Å². The Morgan fingerprint density at radius 3 is 2.57 bits per heavy atom. The number of fused-ring (bicyclic) bond motifs is 5. The Morgan fingerprint density at radius 2 is 1.81 bits per heavy atom. The van der Waals surface area contributed by atoms with Crippen molar-refractivity contribution in [2.24, 2.45) is 11.8 Å². The molecule has 14 nitrogen and oxygen atoms in total. The maximum absolute atomic E-state index is 17.3. The van der Waals surface area contributed by atoms with E-state index in [1.807, 2.05) is 29.2 Å². The van der Waals surface area contributed by atoms with Gasteiger partial charge in [-0.2, -0.15) is 9.97 Å². The molecule has 0 spiro atoms. The van der Waals surface area contributed by atoms with Crippen LogP contribution in [0.5, 0.6) is 17.6 Å². The number of piperazine rings is 1. The van der Waals surface area contributed by atoms with Crippen LogP contribution in [0, 0.1) is 17.7 Å². The summed E-state index contributed by atoms with van der Waals surface area (Å²) in [5, 5.41) is 21.1. The molecular formula is C53H68FN9O5. The molecular weight excluding hydrogens is 862 g/mol. The molecule has 6 aliphatic heterocycles. The highest BCUT2D eigenvalue weighted by Gasteiger charge is 2.50. The smallest absolute Gasteiger partial charge is 0.319 e. The van der Waals surface area contributed by atoms with Crippen molar-refractivity contribution in [1.82, 2.24) is 40.1 Å². The van der Waals surface area contributed by atoms with E-state index in [1.165, 1.54) is 0 Å². The fourth-order valence-electron chi connectivity index (χ4n) is 13.0. The van der Waals surface area contributed by atoms with Crippen molar-refractivity contribution < 1.29 is 28.3 Å². The van der Waals surface area contributed by atoms with Crippen molar-refractivity contribution in [3.05, 3.63) is 59.7 Å². The second-order valence-corrected chi connectivity index (χ2v) is 21.3. The third-order valence-corrected chi connectivity index (χ3v) is 16.6. The number of rotatable bonds is 14. The average Bonchev–Trinajstić information content (AvgIpc) is 4.19. The highest BCUT2D eigenvalue weighted by molar-refractivity contribution is 6.01. The predicted octanol–water partition coefficient (Wildman–Crippen LogP) is 8.10. The molecule has 11 rings (SSSR count). The zero-order chi connectivity index (χ0) is 46.7. The number of piperidine rings is 1. The zero-order valence-electron chi connectivity index (χ0n) is 40.3. The molecule has 2 N–H and O–H groups in total. The van der Waals surface area contributed by atoms with E-state index in [9.17, 15) is 9.90 Å². The lowest BCUT2D eigenvalue weighted by molar-refractivity contribution is -0.134. The highest BCUT2D eigenvalue weighted by Crippen LogP contribution is 2.44. The Morgan fingerprint density at radius 1 is 0.985 bits per heavy atom. The van der Waals surface area contributed by atoms with Gasteiger partial charge < -0.3 is 39.1 Å². The number of aromatic hydroxyl groups is 1. The van der Waals surface area contributed by atoms with Gasteiger partial charge in [-0.15, -0.1) is 0 Å². The fourth-order valence-corrected chi connectivity index (χ4v) is 13.0. The molecule has 0 radical (unpaired) electrons. The third-order valence-electron chi connectivity index (χ3n) is 16.6. The van der Waals surface area contributed by atoms with Crippen LogP contribution in [0.1, 0.15) is 109 Å². The van der Waals surface area contributed by atoms with Gasteiger partial charge in [0.1, 0.15) is 35.3 Å². The lowest BCUT2D eigenvalue weighted by Crippen LogP contribution is -2.51. The van der Waals surface area contributed by atoms with E-state index < -0.39 is 5.82 Å². The van der Waals surface area contributed by atoms with Crippen LogP contribution in [0.4, 0.5) is 10.2 Å². The van der Waals surface area contributed by atoms with Gasteiger partial charge in [0.05, 0.1) is 17.5 Å². The second-order valence-electron chi connectivity index (χ2n) is 21.3. The van der Waals surface area contributed by atoms with E-state index in [0.29, 0.717) is 65.7 Å². The molecule has 3 aromatic heterocycles. The summed E-state index contributed by atoms with van der Waals surface area (Å²) in [4.78, 5) is 37.8. The number of likely N-dealkylation sites (tertiary alicyclic amines) is 2. The van der Waals surface area contributed by atoms with Crippen molar-refractivity contribution in [2.75, 3.05) is 63.9 Å². The number of phenolic OH excluding ortho intramolecular Hbond substituents is 1. The number of anilines is 1. The van der Waals surface area contributed by atoms with Gasteiger partial charge in [-0.3, -0.25) is 14.7 Å². The molecule has 6 fully saturated rings. The van der Waals surface area contributed by atoms with Gasteiger partial charge in [0.25, 0.3) is 5.88 Å². The number of pyridine rings is 1. The van der Waals surface area contributed by atoms with Crippen LogP contribution >= 0.6 is 0 Å². The van der Waals surface area contributed by atoms with Crippen molar-refractivity contribution in [3.8, 4) is 28.9 Å². The first-order valence-electron chi connectivity index (χ1n) is 25.7. The number of benzene rings is 2. The molecule has 68 heavy (non-hydrogen) atoms. The van der Waals surface area contributed by atoms with E-state index in [0.717, 1.165) is 133 Å². The minimum atomic E-state index is -0.536. The number of carbonyl (C=O) groups excluding carboxylic acids is 1. The number of aryl methyl sites for hydroxylation is 1. The number of amides is 1. The number of nitrogens with zero attached hydrogens (tertiary/aromatic N) is 8. The molecule has 6 atom stereocenters. The monoisotopic (exact) mass is 930 g/mol. The molecule has 6 aliphatic rings. The van der Waals surface area contributed by atoms with Crippen LogP contribution in [-0.2, 0) is 11.2 Å². The number of nitrogens with one attached hydrogen (secondary N) is 1. The lowest BCUT2D eigenvalue weighted by atomic mass is 9.91. The molecule has 0 saturated carbocycles. The van der Waals surface area contributed by atoms with Crippen molar-refractivity contribution in [2.45, 2.75) is 134 Å². The summed E-state index contributed by atoms with van der Waals surface area (Å²) in [7, 11) is 0. The largest absolute Gasteiger partial charge is 0.508 e. The van der Waals surface area contributed by atoms with Crippen LogP contribution in [-0.4, -0.2) is 135 Å². The molecule has 2 bridgehead atoms. The minimum Gasteiger partial charge on any atom is -0.508 e. The summed E-state index contributed by atoms with van der Waals surface area (Å²) in [6.45, 7) is 15.8. The number of phenols is 1. The minimum absolute atomic E-state index is 0.0618. The van der Waals surface area contributed by atoms with Gasteiger partial charge in [-0.25, -0.2) is 4.39 Å². The Bertz CT molecular complexity index is 2640. The van der Waals surface area contributed by atoms with Crippen molar-refractivity contribution in [1.29, 1.82) is 0 Å². The number of hydrogen-bond donors (Lipinski definition) is 2. The van der Waals surface area contributed by atoms with Gasteiger partial charge in [0.15, 0.2) is 11.6 Å². The number of carbonyl (C=O) groups is 1. The normalized spacial score (nSPS) is 26.1. The summed E-state index contributed by atoms with van der Waals surface area (Å²) < 4.78 is 36.0. The predicted molar refractivity (Wildman–Crippen MR) is 260 cm³/mol. The molecule has 6 unspecified atom stereocenters. The molecule has 362 valence electrons. The maximum Gasteiger partial charge on any atom is 0.319 e. The Balaban J connectivity index is 0.760. The van der Waals surface area contributed by atoms with Crippen molar-refractivity contribution in [3.63, 3.8) is 0 Å². The van der Waals surface area contributed by atoms with Gasteiger partial charge in [0.2, 0.25) is 5.91 Å². The average molecular weight is 930 g/mol. The second kappa shape index (κ2) is 18.7. The molecule has 1 amide bonds. The first kappa shape index (κ1) is 45.3. The quantitative estimate of drug-likeness (QED) is 0.111. The summed E-state index contributed by atoms with van der Waals surface area (Å²) >= 11 is 0. The third kappa shape index (κ3) is 8.54. The molecule has 5 aromatic rings. The first-order chi connectivity index (χ1) is 33.0. The van der Waals surface area contributed by atoms with Gasteiger partial charge >= 0.3 is 6.01 Å². The molecule has 9 heterocycles. The van der Waals surface area contributed by atoms with Crippen LogP contribution in [0.15, 0.2) is 47.1 Å². The lowest BCUT2D eigenvalue weighted by Gasteiger charge is -2.38. The molecule has 2 aromatic carbocycles. The SMILES string of the molecule is CCc1cccc2cc(O)cc(-c3ncc4c(N5CC6CCC(C5)N6)nc(OCC56CCCN5C(CN5CCC(COc7cc(C(C(=O)N8CCCC8C)C(C)C)on7)CC5)CC6)nc4c3F)c12. The Kier molecular flexibility index (Phi) is 12.4. The summed E-state index contributed by atoms with van der Waals surface area (Å²) in [6.07, 6.45) is 13.2. The molecule has 15 heteroatoms. The number of halogens is 1. The Labute approximate surface area is 398 Å². The van der Waals surface area contributed by atoms with E-state index >= 15 is 4.39 Å². The van der Waals surface area contributed by atoms with Crippen LogP contribution < -0.4 is 19.7 Å². The zero-order valence-corrected chi connectivity index (χ0v) is 40.3. The van der Waals surface area contributed by atoms with E-state index in [-0.39, 0.29) is 52.3 Å². The van der Waals surface area contributed by atoms with Crippen LogP contribution in [0.2, 0.25) is 0 Å². The highest BCUT2D eigenvalue weighted by atomic mass is 19.1. The Hall–Kier alpha value is -5.12. The molecule has 6 saturated heterocycles. The standard InChI is InChI=1S/C53H68FN9O5/c1-5-35-10-6-11-36-23-40(64)24-41(46(35)36)48-47(54)49-42(26-55-48)50(61-27-37-12-13-38(28-61)56-37)58-52(57-49)67-31-53-17-8-20-63(53)39(14-18-53)29-60-21-15-34(16-22-60)30-66-44-25-43(68-59-44)45(32(2)3)51(65)62-19-7-9-33(62)4/h6,10-11,23-26,32-34,37-39,45,56,64H,5,7-9,12-22,27-31H2,1-4H3. The first-order valence-corrected chi connectivity index (χ1v) is 25.7. The number of aromatic nitrogens is 4. The van der Waals surface area contributed by atoms with Gasteiger partial charge in [-0.1, -0.05) is 39.0 Å². The number of ether oxygens (including phenoxy) is 2.